The predicted molar refractivity (Wildman–Crippen MR) is 105 cm³/mol. The molecule has 8 heteroatoms. The number of benzene rings is 1. The van der Waals surface area contributed by atoms with Gasteiger partial charge in [0.1, 0.15) is 11.4 Å². The van der Waals surface area contributed by atoms with Gasteiger partial charge in [0, 0.05) is 44.0 Å². The van der Waals surface area contributed by atoms with Gasteiger partial charge in [-0.15, -0.1) is 0 Å². The van der Waals surface area contributed by atoms with E-state index in [4.69, 9.17) is 0 Å². The molecule has 8 nitrogen and oxygen atoms in total. The molecule has 1 N–H and O–H groups in total. The monoisotopic (exact) mass is 376 g/mol. The minimum absolute atomic E-state index is 0.125. The van der Waals surface area contributed by atoms with E-state index in [0.717, 1.165) is 22.6 Å². The number of carbonyl (C=O) groups excluding carboxylic acids is 1. The van der Waals surface area contributed by atoms with Crippen LogP contribution < -0.4 is 10.5 Å². The first-order valence-corrected chi connectivity index (χ1v) is 9.10. The highest BCUT2D eigenvalue weighted by Gasteiger charge is 2.25. The molecule has 3 heterocycles. The summed E-state index contributed by atoms with van der Waals surface area (Å²) in [6.07, 6.45) is 3.11. The highest BCUT2D eigenvalue weighted by Crippen LogP contribution is 2.27. The van der Waals surface area contributed by atoms with E-state index in [1.807, 2.05) is 37.3 Å². The SMILES string of the molecule is Cc1cnc(C(=O)N2CCN(c3cc(=O)[nH]nc3-c3ccccc3)CC2)cn1. The quantitative estimate of drug-likeness (QED) is 0.744. The van der Waals surface area contributed by atoms with Crippen LogP contribution in [0.5, 0.6) is 0 Å². The van der Waals surface area contributed by atoms with Crippen LogP contribution in [0.1, 0.15) is 16.2 Å². The summed E-state index contributed by atoms with van der Waals surface area (Å²) in [5.74, 6) is -0.125. The van der Waals surface area contributed by atoms with Gasteiger partial charge in [-0.3, -0.25) is 14.6 Å². The van der Waals surface area contributed by atoms with Crippen LogP contribution in [0.4, 0.5) is 5.69 Å². The standard InChI is InChI=1S/C20H20N6O2/c1-14-12-22-16(13-21-14)20(28)26-9-7-25(8-10-26)17-11-18(27)23-24-19(17)15-5-3-2-4-6-15/h2-6,11-13H,7-10H2,1H3,(H,23,27). The first-order valence-electron chi connectivity index (χ1n) is 9.10. The maximum absolute atomic E-state index is 12.6. The summed E-state index contributed by atoms with van der Waals surface area (Å²) in [7, 11) is 0. The lowest BCUT2D eigenvalue weighted by molar-refractivity contribution is 0.0740. The van der Waals surface area contributed by atoms with Crippen molar-refractivity contribution in [2.24, 2.45) is 0 Å². The van der Waals surface area contributed by atoms with Gasteiger partial charge in [0.05, 0.1) is 17.6 Å². The Labute approximate surface area is 161 Å². The number of aryl methyl sites for hydroxylation is 1. The Bertz CT molecular complexity index is 1020. The largest absolute Gasteiger partial charge is 0.366 e. The summed E-state index contributed by atoms with van der Waals surface area (Å²) < 4.78 is 0. The van der Waals surface area contributed by atoms with Crippen molar-refractivity contribution in [3.8, 4) is 11.3 Å². The second kappa shape index (κ2) is 7.59. The van der Waals surface area contributed by atoms with Gasteiger partial charge in [0.2, 0.25) is 0 Å². The number of nitrogens with zero attached hydrogens (tertiary/aromatic N) is 5. The summed E-state index contributed by atoms with van der Waals surface area (Å²) in [5.41, 5.74) is 3.31. The molecule has 0 spiro atoms. The number of carbonyl (C=O) groups is 1. The number of anilines is 1. The van der Waals surface area contributed by atoms with E-state index in [2.05, 4.69) is 25.1 Å². The molecule has 0 radical (unpaired) electrons. The topological polar surface area (TPSA) is 95.1 Å². The van der Waals surface area contributed by atoms with E-state index in [-0.39, 0.29) is 11.5 Å². The molecule has 0 saturated carbocycles. The van der Waals surface area contributed by atoms with Crippen LogP contribution in [0.3, 0.4) is 0 Å². The van der Waals surface area contributed by atoms with Gasteiger partial charge in [-0.1, -0.05) is 30.3 Å². The first kappa shape index (κ1) is 17.8. The molecular formula is C20H20N6O2. The van der Waals surface area contributed by atoms with Gasteiger partial charge >= 0.3 is 0 Å². The van der Waals surface area contributed by atoms with Crippen molar-refractivity contribution >= 4 is 11.6 Å². The number of amides is 1. The first-order chi connectivity index (χ1) is 13.6. The lowest BCUT2D eigenvalue weighted by atomic mass is 10.1. The number of hydrogen-bond donors (Lipinski definition) is 1. The molecule has 0 aliphatic carbocycles. The molecule has 3 aromatic rings. The lowest BCUT2D eigenvalue weighted by Gasteiger charge is -2.36. The van der Waals surface area contributed by atoms with Crippen LogP contribution >= 0.6 is 0 Å². The molecule has 0 atom stereocenters. The van der Waals surface area contributed by atoms with Crippen molar-refractivity contribution in [2.75, 3.05) is 31.1 Å². The Balaban J connectivity index is 1.53. The van der Waals surface area contributed by atoms with Crippen LogP contribution in [0.2, 0.25) is 0 Å². The average molecular weight is 376 g/mol. The third-order valence-electron chi connectivity index (χ3n) is 4.74. The molecule has 1 fully saturated rings. The third-order valence-corrected chi connectivity index (χ3v) is 4.74. The Hall–Kier alpha value is -3.55. The normalized spacial score (nSPS) is 14.2. The van der Waals surface area contributed by atoms with Gasteiger partial charge in [-0.05, 0) is 6.92 Å². The highest BCUT2D eigenvalue weighted by molar-refractivity contribution is 5.92. The number of H-pyrrole nitrogens is 1. The van der Waals surface area contributed by atoms with Crippen LogP contribution in [0, 0.1) is 6.92 Å². The highest BCUT2D eigenvalue weighted by atomic mass is 16.2. The van der Waals surface area contributed by atoms with Crippen LogP contribution in [-0.4, -0.2) is 57.2 Å². The number of nitrogens with one attached hydrogen (secondary N) is 1. The summed E-state index contributed by atoms with van der Waals surface area (Å²) in [5, 5.41) is 6.77. The Kier molecular flexibility index (Phi) is 4.84. The molecule has 0 unspecified atom stereocenters. The van der Waals surface area contributed by atoms with Gasteiger partial charge in [-0.2, -0.15) is 5.10 Å². The fourth-order valence-electron chi connectivity index (χ4n) is 3.26. The smallest absolute Gasteiger partial charge is 0.274 e. The van der Waals surface area contributed by atoms with Crippen molar-refractivity contribution in [1.29, 1.82) is 0 Å². The fraction of sp³-hybridized carbons (Fsp3) is 0.250. The molecule has 4 rings (SSSR count). The molecule has 1 aromatic carbocycles. The molecule has 28 heavy (non-hydrogen) atoms. The zero-order chi connectivity index (χ0) is 19.5. The van der Waals surface area contributed by atoms with Gasteiger partial charge < -0.3 is 9.80 Å². The third kappa shape index (κ3) is 3.62. The zero-order valence-corrected chi connectivity index (χ0v) is 15.5. The Morgan fingerprint density at radius 2 is 1.79 bits per heavy atom. The van der Waals surface area contributed by atoms with E-state index in [1.54, 1.807) is 17.2 Å². The Morgan fingerprint density at radius 3 is 2.46 bits per heavy atom. The number of aromatic amines is 1. The molecule has 1 saturated heterocycles. The molecule has 1 aliphatic rings. The number of aromatic nitrogens is 4. The van der Waals surface area contributed by atoms with E-state index < -0.39 is 0 Å². The van der Waals surface area contributed by atoms with E-state index >= 15 is 0 Å². The van der Waals surface area contributed by atoms with Crippen LogP contribution in [0.15, 0.2) is 53.6 Å². The predicted octanol–water partition coefficient (Wildman–Crippen LogP) is 1.50. The fourth-order valence-corrected chi connectivity index (χ4v) is 3.26. The maximum atomic E-state index is 12.6. The molecule has 0 bridgehead atoms. The molecular weight excluding hydrogens is 356 g/mol. The van der Waals surface area contributed by atoms with Crippen molar-refractivity contribution in [3.63, 3.8) is 0 Å². The van der Waals surface area contributed by atoms with Crippen molar-refractivity contribution in [3.05, 3.63) is 70.5 Å². The molecule has 1 amide bonds. The summed E-state index contributed by atoms with van der Waals surface area (Å²) in [6, 6.07) is 11.3. The van der Waals surface area contributed by atoms with E-state index in [1.165, 1.54) is 6.20 Å². The molecule has 142 valence electrons. The second-order valence-corrected chi connectivity index (χ2v) is 6.65. The van der Waals surface area contributed by atoms with Crippen LogP contribution in [0.25, 0.3) is 11.3 Å². The summed E-state index contributed by atoms with van der Waals surface area (Å²) in [4.78, 5) is 36.7. The zero-order valence-electron chi connectivity index (χ0n) is 15.5. The maximum Gasteiger partial charge on any atom is 0.274 e. The van der Waals surface area contributed by atoms with Gasteiger partial charge in [0.15, 0.2) is 0 Å². The number of piperazine rings is 1. The van der Waals surface area contributed by atoms with Crippen molar-refractivity contribution in [1.82, 2.24) is 25.1 Å². The van der Waals surface area contributed by atoms with E-state index in [0.29, 0.717) is 31.9 Å². The average Bonchev–Trinajstić information content (AvgIpc) is 2.74. The lowest BCUT2D eigenvalue weighted by Crippen LogP contribution is -2.49. The van der Waals surface area contributed by atoms with Gasteiger partial charge in [-0.25, -0.2) is 10.1 Å². The second-order valence-electron chi connectivity index (χ2n) is 6.65. The number of rotatable bonds is 3. The van der Waals surface area contributed by atoms with Crippen LogP contribution in [-0.2, 0) is 0 Å². The van der Waals surface area contributed by atoms with Crippen molar-refractivity contribution in [2.45, 2.75) is 6.92 Å². The summed E-state index contributed by atoms with van der Waals surface area (Å²) >= 11 is 0. The van der Waals surface area contributed by atoms with E-state index in [9.17, 15) is 9.59 Å². The molecule has 1 aliphatic heterocycles. The van der Waals surface area contributed by atoms with Crippen molar-refractivity contribution < 1.29 is 4.79 Å². The Morgan fingerprint density at radius 1 is 1.04 bits per heavy atom. The summed E-state index contributed by atoms with van der Waals surface area (Å²) in [6.45, 7) is 4.12. The minimum Gasteiger partial charge on any atom is -0.366 e. The van der Waals surface area contributed by atoms with Gasteiger partial charge in [0.25, 0.3) is 11.5 Å². The minimum atomic E-state index is -0.247. The molecule has 2 aromatic heterocycles. The number of hydrogen-bond acceptors (Lipinski definition) is 6.